The van der Waals surface area contributed by atoms with Crippen LogP contribution in [0.3, 0.4) is 0 Å². The summed E-state index contributed by atoms with van der Waals surface area (Å²) in [5.74, 6) is -1.13. The van der Waals surface area contributed by atoms with Gasteiger partial charge in [0, 0.05) is 25.5 Å². The van der Waals surface area contributed by atoms with E-state index in [1.54, 1.807) is 24.3 Å². The maximum absolute atomic E-state index is 13.0. The molecule has 120 valence electrons. The Kier molecular flexibility index (Phi) is 3.77. The minimum Gasteiger partial charge on any atom is -0.481 e. The van der Waals surface area contributed by atoms with Gasteiger partial charge in [0.2, 0.25) is 19.0 Å². The highest BCUT2D eigenvalue weighted by Gasteiger charge is 2.51. The van der Waals surface area contributed by atoms with Gasteiger partial charge in [0.15, 0.2) is 0 Å². The van der Waals surface area contributed by atoms with E-state index < -0.39 is 20.7 Å². The molecular formula is C14H13N3O4S2. The molecule has 2 aromatic rings. The third-order valence-corrected chi connectivity index (χ3v) is 7.43. The third kappa shape index (κ3) is 2.45. The summed E-state index contributed by atoms with van der Waals surface area (Å²) >= 11 is 1.01. The molecule has 1 aliphatic heterocycles. The van der Waals surface area contributed by atoms with Crippen molar-refractivity contribution in [2.45, 2.75) is 28.5 Å². The number of nitrogens with zero attached hydrogens (tertiary/aromatic N) is 2. The lowest BCUT2D eigenvalue weighted by molar-refractivity contribution is -0.137. The van der Waals surface area contributed by atoms with Gasteiger partial charge in [-0.25, -0.2) is 13.4 Å². The van der Waals surface area contributed by atoms with Gasteiger partial charge in [-0.1, -0.05) is 12.1 Å². The van der Waals surface area contributed by atoms with E-state index in [9.17, 15) is 13.2 Å². The Labute approximate surface area is 136 Å². The highest BCUT2D eigenvalue weighted by Crippen LogP contribution is 2.39. The van der Waals surface area contributed by atoms with Crippen molar-refractivity contribution in [1.29, 1.82) is 5.41 Å². The number of carboxylic acid groups (broad SMARTS) is 1. The van der Waals surface area contributed by atoms with Gasteiger partial charge in [-0.2, -0.15) is 0 Å². The molecule has 0 aliphatic carbocycles. The Hall–Kier alpha value is -2.13. The van der Waals surface area contributed by atoms with Crippen molar-refractivity contribution in [2.24, 2.45) is 4.99 Å². The monoisotopic (exact) mass is 351 g/mol. The predicted molar refractivity (Wildman–Crippen MR) is 87.2 cm³/mol. The molecule has 2 heterocycles. The summed E-state index contributed by atoms with van der Waals surface area (Å²) in [5, 5.41) is 16.9. The van der Waals surface area contributed by atoms with Crippen LogP contribution in [0, 0.1) is 5.41 Å². The second kappa shape index (κ2) is 5.50. The number of aromatic nitrogens is 1. The van der Waals surface area contributed by atoms with Crippen LogP contribution >= 0.6 is 11.3 Å². The Morgan fingerprint density at radius 2 is 2.13 bits per heavy atom. The molecule has 0 fully saturated rings. The van der Waals surface area contributed by atoms with Crippen LogP contribution in [0.15, 0.2) is 33.6 Å². The summed E-state index contributed by atoms with van der Waals surface area (Å²) in [7, 11) is -4.09. The lowest BCUT2D eigenvalue weighted by Gasteiger charge is -2.24. The van der Waals surface area contributed by atoms with Crippen molar-refractivity contribution < 1.29 is 18.3 Å². The van der Waals surface area contributed by atoms with E-state index in [4.69, 9.17) is 10.5 Å². The number of fused-ring (bicyclic) bond motifs is 1. The number of thiazole rings is 1. The molecule has 1 aliphatic rings. The summed E-state index contributed by atoms with van der Waals surface area (Å²) in [6.45, 7) is 0. The van der Waals surface area contributed by atoms with Crippen molar-refractivity contribution in [2.75, 3.05) is 0 Å². The number of aliphatic carboxylic acids is 1. The summed E-state index contributed by atoms with van der Waals surface area (Å²) < 4.78 is 26.7. The van der Waals surface area contributed by atoms with E-state index in [0.717, 1.165) is 11.3 Å². The van der Waals surface area contributed by atoms with Gasteiger partial charge >= 0.3 is 5.97 Å². The number of benzene rings is 1. The zero-order valence-corrected chi connectivity index (χ0v) is 13.5. The number of para-hydroxylation sites is 1. The van der Waals surface area contributed by atoms with Crippen LogP contribution in [-0.2, 0) is 14.6 Å². The van der Waals surface area contributed by atoms with Gasteiger partial charge in [-0.05, 0) is 12.1 Å². The number of carboxylic acids is 1. The van der Waals surface area contributed by atoms with Crippen LogP contribution in [0.4, 0.5) is 0 Å². The minimum absolute atomic E-state index is 0.101. The number of hydrogen-bond acceptors (Lipinski definition) is 7. The van der Waals surface area contributed by atoms with Gasteiger partial charge < -0.3 is 10.5 Å². The van der Waals surface area contributed by atoms with E-state index in [1.165, 1.54) is 6.21 Å². The fourth-order valence-corrected chi connectivity index (χ4v) is 5.81. The molecule has 0 bridgehead atoms. The first-order chi connectivity index (χ1) is 10.9. The standard InChI is InChI=1S/C14H13N3O4S2/c15-11-6-8-16-14(11,7-5-12(18)19)23(20,21)13-17-9-3-1-2-4-10(9)22-13/h1-4,8,15H,5-7H2,(H,18,19). The highest BCUT2D eigenvalue weighted by atomic mass is 32.2. The quantitative estimate of drug-likeness (QED) is 0.855. The fourth-order valence-electron chi connectivity index (χ4n) is 2.49. The van der Waals surface area contributed by atoms with Crippen molar-refractivity contribution in [3.63, 3.8) is 0 Å². The number of sulfone groups is 1. The Balaban J connectivity index is 2.12. The molecule has 1 aromatic carbocycles. The summed E-state index contributed by atoms with van der Waals surface area (Å²) in [6.07, 6.45) is 0.804. The zero-order valence-electron chi connectivity index (χ0n) is 11.9. The molecule has 0 amide bonds. The SMILES string of the molecule is N=C1CC=NC1(CCC(=O)O)S(=O)(=O)c1nc2ccccc2s1. The molecule has 0 saturated heterocycles. The number of nitrogens with one attached hydrogen (secondary N) is 1. The van der Waals surface area contributed by atoms with Crippen LogP contribution in [0.1, 0.15) is 19.3 Å². The van der Waals surface area contributed by atoms with Gasteiger partial charge in [0.1, 0.15) is 0 Å². The summed E-state index contributed by atoms with van der Waals surface area (Å²) in [6, 6.07) is 7.01. The first kappa shape index (κ1) is 15.8. The molecule has 9 heteroatoms. The predicted octanol–water partition coefficient (Wildman–Crippen LogP) is 2.13. The number of aliphatic imine (C=N–C) groups is 1. The van der Waals surface area contributed by atoms with E-state index in [-0.39, 0.29) is 29.3 Å². The lowest BCUT2D eigenvalue weighted by atomic mass is 10.1. The molecule has 3 rings (SSSR count). The number of hydrogen-bond donors (Lipinski definition) is 2. The fraction of sp³-hybridized carbons (Fsp3) is 0.286. The Morgan fingerprint density at radius 1 is 1.39 bits per heavy atom. The van der Waals surface area contributed by atoms with E-state index in [0.29, 0.717) is 10.2 Å². The van der Waals surface area contributed by atoms with Crippen LogP contribution in [0.5, 0.6) is 0 Å². The maximum Gasteiger partial charge on any atom is 0.303 e. The van der Waals surface area contributed by atoms with Crippen LogP contribution < -0.4 is 0 Å². The minimum atomic E-state index is -4.09. The van der Waals surface area contributed by atoms with Crippen molar-refractivity contribution in [3.05, 3.63) is 24.3 Å². The number of rotatable bonds is 5. The maximum atomic E-state index is 13.0. The van der Waals surface area contributed by atoms with Gasteiger partial charge in [-0.15, -0.1) is 11.3 Å². The molecule has 0 spiro atoms. The van der Waals surface area contributed by atoms with Crippen molar-refractivity contribution in [1.82, 2.24) is 4.98 Å². The third-order valence-electron chi connectivity index (χ3n) is 3.69. The largest absolute Gasteiger partial charge is 0.481 e. The van der Waals surface area contributed by atoms with E-state index >= 15 is 0 Å². The summed E-state index contributed by atoms with van der Waals surface area (Å²) in [5.41, 5.74) is 0.441. The van der Waals surface area contributed by atoms with Crippen LogP contribution in [-0.4, -0.2) is 41.3 Å². The number of carbonyl (C=O) groups is 1. The molecule has 2 N–H and O–H groups in total. The topological polar surface area (TPSA) is 121 Å². The molecule has 7 nitrogen and oxygen atoms in total. The van der Waals surface area contributed by atoms with Crippen molar-refractivity contribution >= 4 is 49.3 Å². The molecular weight excluding hydrogens is 338 g/mol. The second-order valence-corrected chi connectivity index (χ2v) is 8.48. The zero-order chi connectivity index (χ0) is 16.7. The normalized spacial score (nSPS) is 21.1. The van der Waals surface area contributed by atoms with E-state index in [2.05, 4.69) is 9.98 Å². The Bertz CT molecular complexity index is 899. The van der Waals surface area contributed by atoms with Gasteiger partial charge in [0.25, 0.3) is 0 Å². The average Bonchev–Trinajstić information content (AvgIpc) is 3.09. The molecule has 1 atom stereocenters. The Morgan fingerprint density at radius 3 is 2.74 bits per heavy atom. The molecule has 23 heavy (non-hydrogen) atoms. The van der Waals surface area contributed by atoms with E-state index in [1.807, 2.05) is 0 Å². The molecule has 1 aromatic heterocycles. The molecule has 0 saturated carbocycles. The first-order valence-corrected chi connectivity index (χ1v) is 9.10. The van der Waals surface area contributed by atoms with Crippen molar-refractivity contribution in [3.8, 4) is 0 Å². The van der Waals surface area contributed by atoms with Crippen LogP contribution in [0.2, 0.25) is 0 Å². The first-order valence-electron chi connectivity index (χ1n) is 6.80. The summed E-state index contributed by atoms with van der Waals surface area (Å²) in [4.78, 5) is 17.2. The van der Waals surface area contributed by atoms with Gasteiger partial charge in [0.05, 0.1) is 15.9 Å². The lowest BCUT2D eigenvalue weighted by Crippen LogP contribution is -2.42. The molecule has 1 unspecified atom stereocenters. The van der Waals surface area contributed by atoms with Crippen LogP contribution in [0.25, 0.3) is 10.2 Å². The average molecular weight is 351 g/mol. The smallest absolute Gasteiger partial charge is 0.303 e. The highest BCUT2D eigenvalue weighted by molar-refractivity contribution is 7.95. The molecule has 0 radical (unpaired) electrons. The second-order valence-electron chi connectivity index (χ2n) is 5.12. The van der Waals surface area contributed by atoms with Gasteiger partial charge in [-0.3, -0.25) is 9.79 Å².